The van der Waals surface area contributed by atoms with Crippen molar-refractivity contribution in [3.8, 4) is 0 Å². The monoisotopic (exact) mass is 221 g/mol. The lowest BCUT2D eigenvalue weighted by molar-refractivity contribution is 0.266. The number of hydrogen-bond donors (Lipinski definition) is 2. The molecule has 4 heteroatoms. The van der Waals surface area contributed by atoms with Crippen molar-refractivity contribution in [2.24, 2.45) is 5.73 Å². The van der Waals surface area contributed by atoms with Crippen molar-refractivity contribution in [3.63, 3.8) is 0 Å². The molecule has 0 aromatic carbocycles. The first-order chi connectivity index (χ1) is 7.74. The molecule has 4 nitrogen and oxygen atoms in total. The first kappa shape index (κ1) is 11.4. The molecule has 1 unspecified atom stereocenters. The van der Waals surface area contributed by atoms with Crippen LogP contribution in [0.3, 0.4) is 0 Å². The summed E-state index contributed by atoms with van der Waals surface area (Å²) in [5.74, 6) is 0.939. The SMILES string of the molecule is C[C@@H](N)c1cccnc1N1CCCC1CO. The fourth-order valence-electron chi connectivity index (χ4n) is 2.31. The van der Waals surface area contributed by atoms with Gasteiger partial charge >= 0.3 is 0 Å². The maximum Gasteiger partial charge on any atom is 0.133 e. The van der Waals surface area contributed by atoms with Gasteiger partial charge in [0.15, 0.2) is 0 Å². The molecule has 0 spiro atoms. The minimum Gasteiger partial charge on any atom is -0.394 e. The van der Waals surface area contributed by atoms with Gasteiger partial charge in [-0.1, -0.05) is 6.07 Å². The average molecular weight is 221 g/mol. The number of aliphatic hydroxyl groups excluding tert-OH is 1. The largest absolute Gasteiger partial charge is 0.394 e. The van der Waals surface area contributed by atoms with E-state index in [1.54, 1.807) is 6.20 Å². The lowest BCUT2D eigenvalue weighted by atomic mass is 10.1. The zero-order valence-electron chi connectivity index (χ0n) is 9.63. The van der Waals surface area contributed by atoms with Crippen molar-refractivity contribution in [1.82, 2.24) is 4.98 Å². The predicted octanol–water partition coefficient (Wildman–Crippen LogP) is 1.06. The Morgan fingerprint density at radius 3 is 3.19 bits per heavy atom. The van der Waals surface area contributed by atoms with Crippen molar-refractivity contribution in [1.29, 1.82) is 0 Å². The van der Waals surface area contributed by atoms with E-state index in [0.717, 1.165) is 30.8 Å². The molecule has 0 bridgehead atoms. The molecular formula is C12H19N3O. The second kappa shape index (κ2) is 4.80. The van der Waals surface area contributed by atoms with Gasteiger partial charge in [-0.3, -0.25) is 0 Å². The van der Waals surface area contributed by atoms with Gasteiger partial charge in [0.1, 0.15) is 5.82 Å². The molecule has 0 aliphatic carbocycles. The summed E-state index contributed by atoms with van der Waals surface area (Å²) < 4.78 is 0. The van der Waals surface area contributed by atoms with E-state index in [-0.39, 0.29) is 18.7 Å². The van der Waals surface area contributed by atoms with Gasteiger partial charge in [-0.15, -0.1) is 0 Å². The Morgan fingerprint density at radius 2 is 2.50 bits per heavy atom. The minimum atomic E-state index is -0.0244. The maximum absolute atomic E-state index is 9.33. The molecule has 2 heterocycles. The molecule has 0 amide bonds. The summed E-state index contributed by atoms with van der Waals surface area (Å²) in [4.78, 5) is 6.59. The molecule has 1 aliphatic rings. The average Bonchev–Trinajstić information content (AvgIpc) is 2.76. The van der Waals surface area contributed by atoms with Crippen LogP contribution in [0.25, 0.3) is 0 Å². The van der Waals surface area contributed by atoms with Crippen LogP contribution < -0.4 is 10.6 Å². The van der Waals surface area contributed by atoms with E-state index in [9.17, 15) is 5.11 Å². The minimum absolute atomic E-state index is 0.0244. The first-order valence-corrected chi connectivity index (χ1v) is 5.82. The van der Waals surface area contributed by atoms with Crippen molar-refractivity contribution in [3.05, 3.63) is 23.9 Å². The number of anilines is 1. The third-order valence-electron chi connectivity index (χ3n) is 3.17. The highest BCUT2D eigenvalue weighted by atomic mass is 16.3. The van der Waals surface area contributed by atoms with Gasteiger partial charge in [0.2, 0.25) is 0 Å². The zero-order valence-corrected chi connectivity index (χ0v) is 9.63. The Labute approximate surface area is 96.1 Å². The molecule has 88 valence electrons. The fourth-order valence-corrected chi connectivity index (χ4v) is 2.31. The zero-order chi connectivity index (χ0) is 11.5. The quantitative estimate of drug-likeness (QED) is 0.801. The second-order valence-electron chi connectivity index (χ2n) is 4.38. The number of pyridine rings is 1. The third kappa shape index (κ3) is 2.03. The molecule has 2 atom stereocenters. The lowest BCUT2D eigenvalue weighted by Gasteiger charge is -2.27. The summed E-state index contributed by atoms with van der Waals surface area (Å²) in [7, 11) is 0. The molecule has 0 radical (unpaired) electrons. The summed E-state index contributed by atoms with van der Waals surface area (Å²) in [6.45, 7) is 3.11. The summed E-state index contributed by atoms with van der Waals surface area (Å²) in [6.07, 6.45) is 3.93. The molecule has 1 aliphatic heterocycles. The van der Waals surface area contributed by atoms with Crippen LogP contribution in [0.5, 0.6) is 0 Å². The highest BCUT2D eigenvalue weighted by molar-refractivity contribution is 5.50. The number of nitrogens with zero attached hydrogens (tertiary/aromatic N) is 2. The molecule has 16 heavy (non-hydrogen) atoms. The molecular weight excluding hydrogens is 202 g/mol. The van der Waals surface area contributed by atoms with Crippen molar-refractivity contribution in [2.75, 3.05) is 18.1 Å². The van der Waals surface area contributed by atoms with E-state index >= 15 is 0 Å². The van der Waals surface area contributed by atoms with Crippen LogP contribution in [0.4, 0.5) is 5.82 Å². The second-order valence-corrected chi connectivity index (χ2v) is 4.38. The van der Waals surface area contributed by atoms with Gasteiger partial charge in [-0.25, -0.2) is 4.98 Å². The van der Waals surface area contributed by atoms with Crippen molar-refractivity contribution >= 4 is 5.82 Å². The van der Waals surface area contributed by atoms with Crippen LogP contribution in [0.1, 0.15) is 31.4 Å². The predicted molar refractivity (Wildman–Crippen MR) is 64.3 cm³/mol. The smallest absolute Gasteiger partial charge is 0.133 e. The van der Waals surface area contributed by atoms with Gasteiger partial charge < -0.3 is 15.7 Å². The van der Waals surface area contributed by atoms with Crippen LogP contribution in [-0.2, 0) is 0 Å². The Balaban J connectivity index is 2.32. The molecule has 1 fully saturated rings. The van der Waals surface area contributed by atoms with E-state index in [4.69, 9.17) is 5.73 Å². The van der Waals surface area contributed by atoms with Gasteiger partial charge in [0.05, 0.1) is 12.6 Å². The fraction of sp³-hybridized carbons (Fsp3) is 0.583. The van der Waals surface area contributed by atoms with E-state index < -0.39 is 0 Å². The van der Waals surface area contributed by atoms with E-state index in [1.165, 1.54) is 0 Å². The Morgan fingerprint density at radius 1 is 1.69 bits per heavy atom. The Kier molecular flexibility index (Phi) is 3.41. The molecule has 1 aromatic rings. The highest BCUT2D eigenvalue weighted by Crippen LogP contribution is 2.28. The topological polar surface area (TPSA) is 62.4 Å². The number of nitrogens with two attached hydrogens (primary N) is 1. The number of rotatable bonds is 3. The molecule has 3 N–H and O–H groups in total. The Hall–Kier alpha value is -1.13. The van der Waals surface area contributed by atoms with E-state index in [0.29, 0.717) is 0 Å². The summed E-state index contributed by atoms with van der Waals surface area (Å²) in [5.41, 5.74) is 7.00. The van der Waals surface area contributed by atoms with Crippen LogP contribution in [0.2, 0.25) is 0 Å². The molecule has 1 saturated heterocycles. The third-order valence-corrected chi connectivity index (χ3v) is 3.17. The van der Waals surface area contributed by atoms with Crippen LogP contribution in [0.15, 0.2) is 18.3 Å². The molecule has 1 aromatic heterocycles. The van der Waals surface area contributed by atoms with Gasteiger partial charge in [0.25, 0.3) is 0 Å². The number of hydrogen-bond acceptors (Lipinski definition) is 4. The first-order valence-electron chi connectivity index (χ1n) is 5.82. The summed E-state index contributed by atoms with van der Waals surface area (Å²) >= 11 is 0. The highest BCUT2D eigenvalue weighted by Gasteiger charge is 2.26. The summed E-state index contributed by atoms with van der Waals surface area (Å²) in [6, 6.07) is 4.10. The molecule has 2 rings (SSSR count). The van der Waals surface area contributed by atoms with Crippen LogP contribution >= 0.6 is 0 Å². The summed E-state index contributed by atoms with van der Waals surface area (Å²) in [5, 5.41) is 9.33. The molecule has 0 saturated carbocycles. The van der Waals surface area contributed by atoms with E-state index in [2.05, 4.69) is 9.88 Å². The van der Waals surface area contributed by atoms with Crippen LogP contribution in [0, 0.1) is 0 Å². The lowest BCUT2D eigenvalue weighted by Crippen LogP contribution is -2.34. The van der Waals surface area contributed by atoms with Crippen molar-refractivity contribution < 1.29 is 5.11 Å². The maximum atomic E-state index is 9.33. The Bertz CT molecular complexity index is 354. The number of aliphatic hydroxyl groups is 1. The standard InChI is InChI=1S/C12H19N3O/c1-9(13)11-5-2-6-14-12(11)15-7-3-4-10(15)8-16/h2,5-6,9-10,16H,3-4,7-8,13H2,1H3/t9-,10?/m1/s1. The van der Waals surface area contributed by atoms with Gasteiger partial charge in [-0.2, -0.15) is 0 Å². The number of aromatic nitrogens is 1. The van der Waals surface area contributed by atoms with Gasteiger partial charge in [0, 0.05) is 24.3 Å². The van der Waals surface area contributed by atoms with Gasteiger partial charge in [-0.05, 0) is 25.8 Å². The van der Waals surface area contributed by atoms with Crippen molar-refractivity contribution in [2.45, 2.75) is 31.8 Å². The van der Waals surface area contributed by atoms with E-state index in [1.807, 2.05) is 19.1 Å². The normalized spacial score (nSPS) is 22.4. The van der Waals surface area contributed by atoms with Crippen LogP contribution in [-0.4, -0.2) is 29.3 Å².